The zero-order valence-electron chi connectivity index (χ0n) is 27.1. The highest BCUT2D eigenvalue weighted by Gasteiger charge is 2.59. The Kier molecular flexibility index (Phi) is 8.83. The van der Waals surface area contributed by atoms with Crippen LogP contribution in [0.2, 0.25) is 0 Å². The summed E-state index contributed by atoms with van der Waals surface area (Å²) in [5, 5.41) is 19.8. The summed E-state index contributed by atoms with van der Waals surface area (Å²) in [6.45, 7) is 5.88. The van der Waals surface area contributed by atoms with Gasteiger partial charge in [-0.1, -0.05) is 42.8 Å². The number of aromatic amines is 1. The Bertz CT molecular complexity index is 1590. The molecule has 246 valence electrons. The van der Waals surface area contributed by atoms with Gasteiger partial charge in [0.1, 0.15) is 11.8 Å². The number of amides is 2. The van der Waals surface area contributed by atoms with Gasteiger partial charge in [-0.05, 0) is 105 Å². The molecule has 6 rings (SSSR count). The molecule has 1 aromatic heterocycles. The number of aromatic nitrogens is 1. The molecule has 4 aliphatic rings. The number of carboxylic acid groups (broad SMARTS) is 1. The zero-order valence-corrected chi connectivity index (χ0v) is 27.1. The summed E-state index contributed by atoms with van der Waals surface area (Å²) in [7, 11) is 0. The molecule has 3 saturated carbocycles. The van der Waals surface area contributed by atoms with E-state index in [4.69, 9.17) is 4.84 Å². The van der Waals surface area contributed by atoms with Crippen LogP contribution in [0.3, 0.4) is 0 Å². The molecule has 0 saturated heterocycles. The van der Waals surface area contributed by atoms with E-state index in [0.29, 0.717) is 23.5 Å². The molecular formula is C36H46N4O6. The van der Waals surface area contributed by atoms with E-state index in [-0.39, 0.29) is 36.3 Å². The Morgan fingerprint density at radius 2 is 1.85 bits per heavy atom. The van der Waals surface area contributed by atoms with Crippen LogP contribution >= 0.6 is 0 Å². The number of benzene rings is 1. The van der Waals surface area contributed by atoms with Crippen LogP contribution in [0.25, 0.3) is 10.9 Å². The first kappa shape index (κ1) is 32.0. The van der Waals surface area contributed by atoms with Crippen molar-refractivity contribution in [3.05, 3.63) is 47.7 Å². The lowest BCUT2D eigenvalue weighted by Gasteiger charge is -2.58. The van der Waals surface area contributed by atoms with Gasteiger partial charge in [-0.2, -0.15) is 0 Å². The second-order valence-electron chi connectivity index (χ2n) is 14.4. The summed E-state index contributed by atoms with van der Waals surface area (Å²) < 4.78 is 0. The minimum absolute atomic E-state index is 0.107. The number of allylic oxidation sites excluding steroid dienone is 2. The van der Waals surface area contributed by atoms with Crippen LogP contribution in [0.5, 0.6) is 0 Å². The van der Waals surface area contributed by atoms with Gasteiger partial charge in [0.2, 0.25) is 5.91 Å². The molecule has 4 aliphatic carbocycles. The number of H-pyrrole nitrogens is 1. The number of hydrogen-bond acceptors (Lipinski definition) is 6. The number of carboxylic acids is 1. The van der Waals surface area contributed by atoms with Gasteiger partial charge >= 0.3 is 5.97 Å². The van der Waals surface area contributed by atoms with Crippen LogP contribution in [-0.4, -0.2) is 58.6 Å². The smallest absolute Gasteiger partial charge is 0.326 e. The molecule has 1 heterocycles. The molecule has 0 radical (unpaired) electrons. The van der Waals surface area contributed by atoms with Crippen LogP contribution in [-0.2, 0) is 30.4 Å². The zero-order chi connectivity index (χ0) is 32.6. The van der Waals surface area contributed by atoms with E-state index in [1.165, 1.54) is 18.4 Å². The van der Waals surface area contributed by atoms with E-state index in [1.54, 1.807) is 13.1 Å². The summed E-state index contributed by atoms with van der Waals surface area (Å²) in [5.74, 6) is 0.238. The minimum atomic E-state index is -1.16. The van der Waals surface area contributed by atoms with Crippen LogP contribution in [0.1, 0.15) is 77.7 Å². The highest BCUT2D eigenvalue weighted by molar-refractivity contribution is 5.96. The molecule has 5 unspecified atom stereocenters. The monoisotopic (exact) mass is 630 g/mol. The van der Waals surface area contributed by atoms with E-state index in [9.17, 15) is 24.3 Å². The lowest BCUT2D eigenvalue weighted by molar-refractivity contribution is -0.141. The fraction of sp³-hybridized carbons (Fsp3) is 0.583. The van der Waals surface area contributed by atoms with Gasteiger partial charge in [-0.3, -0.25) is 14.4 Å². The number of carbonyl (C=O) groups is 4. The summed E-state index contributed by atoms with van der Waals surface area (Å²) in [6, 6.07) is 6.41. The maximum Gasteiger partial charge on any atom is 0.326 e. The Labute approximate surface area is 269 Å². The number of nitrogens with zero attached hydrogens (tertiary/aromatic N) is 1. The van der Waals surface area contributed by atoms with Crippen LogP contribution < -0.4 is 10.6 Å². The maximum atomic E-state index is 12.5. The molecular weight excluding hydrogens is 584 g/mol. The summed E-state index contributed by atoms with van der Waals surface area (Å²) in [4.78, 5) is 57.6. The lowest BCUT2D eigenvalue weighted by atomic mass is 9.46. The van der Waals surface area contributed by atoms with Crippen molar-refractivity contribution < 1.29 is 29.1 Å². The SMILES string of the molecule is CC(=O)C1CCC2C3CCC4=CC(=NOCC(=O)NCC(=O)NC(Cc5c[nH]c6ccccc56)C(=O)O)CC[C@]4(C)C3CC[C@]12C. The topological polar surface area (TPSA) is 150 Å². The van der Waals surface area contributed by atoms with Crippen molar-refractivity contribution in [2.75, 3.05) is 13.2 Å². The third-order valence-corrected chi connectivity index (χ3v) is 12.0. The summed E-state index contributed by atoms with van der Waals surface area (Å²) in [5.41, 5.74) is 4.20. The number of para-hydroxylation sites is 1. The van der Waals surface area contributed by atoms with Gasteiger partial charge in [-0.15, -0.1) is 0 Å². The van der Waals surface area contributed by atoms with E-state index in [2.05, 4.69) is 40.7 Å². The molecule has 0 aliphatic heterocycles. The number of oxime groups is 1. The first-order valence-corrected chi connectivity index (χ1v) is 16.7. The van der Waals surface area contributed by atoms with E-state index >= 15 is 0 Å². The Hall–Kier alpha value is -3.95. The highest BCUT2D eigenvalue weighted by Crippen LogP contribution is 2.66. The number of aliphatic carboxylic acids is 1. The van der Waals surface area contributed by atoms with Crippen molar-refractivity contribution in [2.24, 2.45) is 39.7 Å². The molecule has 0 spiro atoms. The fourth-order valence-electron chi connectivity index (χ4n) is 9.68. The van der Waals surface area contributed by atoms with E-state index in [1.807, 2.05) is 24.3 Å². The Balaban J connectivity index is 0.983. The second-order valence-corrected chi connectivity index (χ2v) is 14.4. The van der Waals surface area contributed by atoms with Gasteiger partial charge < -0.3 is 25.6 Å². The van der Waals surface area contributed by atoms with Crippen molar-refractivity contribution >= 4 is 40.2 Å². The predicted octanol–water partition coefficient (Wildman–Crippen LogP) is 4.94. The number of nitrogens with one attached hydrogen (secondary N) is 3. The average molecular weight is 631 g/mol. The number of rotatable bonds is 10. The van der Waals surface area contributed by atoms with Crippen LogP contribution in [0.15, 0.2) is 47.3 Å². The van der Waals surface area contributed by atoms with Gasteiger partial charge in [0.25, 0.3) is 5.91 Å². The molecule has 46 heavy (non-hydrogen) atoms. The number of Topliss-reactive ketones (excluding diaryl/α,β-unsaturated/α-hetero) is 1. The van der Waals surface area contributed by atoms with Crippen LogP contribution in [0.4, 0.5) is 0 Å². The molecule has 4 N–H and O–H groups in total. The summed E-state index contributed by atoms with van der Waals surface area (Å²) in [6.07, 6.45) is 12.5. The normalized spacial score (nSPS) is 31.6. The minimum Gasteiger partial charge on any atom is -0.480 e. The second kappa shape index (κ2) is 12.7. The molecule has 0 bridgehead atoms. The molecule has 1 aromatic carbocycles. The molecule has 2 amide bonds. The van der Waals surface area contributed by atoms with Crippen molar-refractivity contribution in [2.45, 2.75) is 84.6 Å². The van der Waals surface area contributed by atoms with Gasteiger partial charge in [-0.25, -0.2) is 4.79 Å². The molecule has 10 nitrogen and oxygen atoms in total. The maximum absolute atomic E-state index is 12.5. The standard InChI is InChI=1S/C36H46N4O6/c1-21(41)27-10-11-28-26-9-8-23-17-24(12-14-35(23,2)29(26)13-15-36(27,28)3)40-46-20-33(43)38-19-32(42)39-31(34(44)45)16-22-18-37-30-7-5-4-6-25(22)30/h4-7,17-18,26-29,31,37H,8-16,19-20H2,1-3H3,(H,38,43)(H,39,42)(H,44,45)/t26?,27?,28?,29?,31?,35-,36+/m0/s1. The lowest BCUT2D eigenvalue weighted by Crippen LogP contribution is -2.51. The number of ketones is 1. The van der Waals surface area contributed by atoms with Gasteiger partial charge in [0.15, 0.2) is 6.61 Å². The number of fused-ring (bicyclic) bond motifs is 6. The number of carbonyl (C=O) groups excluding carboxylic acids is 3. The van der Waals surface area contributed by atoms with Crippen LogP contribution in [0, 0.1) is 34.5 Å². The van der Waals surface area contributed by atoms with E-state index in [0.717, 1.165) is 60.7 Å². The first-order valence-electron chi connectivity index (χ1n) is 16.7. The predicted molar refractivity (Wildman–Crippen MR) is 174 cm³/mol. The molecule has 10 heteroatoms. The Morgan fingerprint density at radius 1 is 1.04 bits per heavy atom. The highest BCUT2D eigenvalue weighted by atomic mass is 16.6. The number of hydrogen-bond donors (Lipinski definition) is 4. The van der Waals surface area contributed by atoms with Crippen molar-refractivity contribution in [1.29, 1.82) is 0 Å². The first-order chi connectivity index (χ1) is 22.0. The Morgan fingerprint density at radius 3 is 2.63 bits per heavy atom. The van der Waals surface area contributed by atoms with Crippen molar-refractivity contribution in [3.63, 3.8) is 0 Å². The quantitative estimate of drug-likeness (QED) is 0.273. The largest absolute Gasteiger partial charge is 0.480 e. The molecule has 3 fully saturated rings. The fourth-order valence-corrected chi connectivity index (χ4v) is 9.68. The van der Waals surface area contributed by atoms with Gasteiger partial charge in [0, 0.05) is 29.4 Å². The molecule has 2 aromatic rings. The van der Waals surface area contributed by atoms with Gasteiger partial charge in [0.05, 0.1) is 12.3 Å². The molecule has 7 atom stereocenters. The third kappa shape index (κ3) is 5.98. The van der Waals surface area contributed by atoms with Crippen molar-refractivity contribution in [3.8, 4) is 0 Å². The summed E-state index contributed by atoms with van der Waals surface area (Å²) >= 11 is 0. The average Bonchev–Trinajstić information content (AvgIpc) is 3.60. The third-order valence-electron chi connectivity index (χ3n) is 12.0. The van der Waals surface area contributed by atoms with Crippen molar-refractivity contribution in [1.82, 2.24) is 15.6 Å². The van der Waals surface area contributed by atoms with E-state index < -0.39 is 23.8 Å².